The van der Waals surface area contributed by atoms with Crippen LogP contribution in [-0.4, -0.2) is 0 Å². The summed E-state index contributed by atoms with van der Waals surface area (Å²) < 4.78 is 0. The molecule has 0 aromatic heterocycles. The highest BCUT2D eigenvalue weighted by atomic mass is 14.2. The van der Waals surface area contributed by atoms with E-state index in [2.05, 4.69) is 399 Å². The third kappa shape index (κ3) is 10.3. The van der Waals surface area contributed by atoms with Crippen LogP contribution in [-0.2, 0) is 0 Å². The van der Waals surface area contributed by atoms with E-state index in [0.717, 1.165) is 163 Å². The predicted octanol–water partition coefficient (Wildman–Crippen LogP) is 23.9. The van der Waals surface area contributed by atoms with Crippen molar-refractivity contribution in [1.29, 1.82) is 0 Å². The van der Waals surface area contributed by atoms with Crippen LogP contribution in [0.25, 0.3) is 129 Å². The first kappa shape index (κ1) is 59.0. The van der Waals surface area contributed by atoms with Gasteiger partial charge in [0.05, 0.1) is 33.4 Å². The van der Waals surface area contributed by atoms with Gasteiger partial charge in [0, 0.05) is 33.4 Å². The van der Waals surface area contributed by atoms with Crippen LogP contribution in [0, 0.1) is 71.0 Å². The van der Waals surface area contributed by atoms with Crippen molar-refractivity contribution in [2.24, 2.45) is 0 Å². The Balaban J connectivity index is 1.06. The SMILES string of the molecule is C(#Cc1c2ccccc2cc2ccccc12)c1c(C#Cc2c3ccccc3cc3ccccc23)c(C#Cc2c3ccccc3cc3ccccc23)c(C#Cc2c3ccccc3cc3ccccc23)c(C#Cc2c3ccccc3cc3ccccc23)c1C#Cc1c2ccccc2cc2ccccc12. The fraction of sp³-hybridized carbons (Fsp3) is 0. The third-order valence-corrected chi connectivity index (χ3v) is 20.0. The van der Waals surface area contributed by atoms with Crippen molar-refractivity contribution in [3.05, 3.63) is 394 Å². The van der Waals surface area contributed by atoms with Gasteiger partial charge in [-0.3, -0.25) is 0 Å². The Morgan fingerprint density at radius 3 is 0.294 bits per heavy atom. The molecule has 19 rings (SSSR count). The molecule has 0 unspecified atom stereocenters. The first-order valence-electron chi connectivity index (χ1n) is 34.4. The van der Waals surface area contributed by atoms with Gasteiger partial charge in [-0.15, -0.1) is 0 Å². The molecule has 0 amide bonds. The van der Waals surface area contributed by atoms with Crippen molar-refractivity contribution >= 4 is 129 Å². The van der Waals surface area contributed by atoms with Crippen LogP contribution in [0.1, 0.15) is 66.8 Å². The number of rotatable bonds is 0. The lowest BCUT2D eigenvalue weighted by molar-refractivity contribution is 1.44. The van der Waals surface area contributed by atoms with E-state index in [4.69, 9.17) is 0 Å². The summed E-state index contributed by atoms with van der Waals surface area (Å²) in [6.07, 6.45) is 0. The molecule has 0 aliphatic heterocycles. The molecule has 19 aromatic carbocycles. The molecule has 0 saturated carbocycles. The molecule has 0 heterocycles. The lowest BCUT2D eigenvalue weighted by Crippen LogP contribution is -2.05. The Bertz CT molecular complexity index is 5810. The van der Waals surface area contributed by atoms with Gasteiger partial charge in [-0.1, -0.05) is 362 Å². The summed E-state index contributed by atoms with van der Waals surface area (Å²) in [5.41, 5.74) is 8.83. The Morgan fingerprint density at radius 1 is 0.0980 bits per heavy atom. The van der Waals surface area contributed by atoms with Crippen LogP contribution < -0.4 is 0 Å². The topological polar surface area (TPSA) is 0 Å². The van der Waals surface area contributed by atoms with E-state index in [0.29, 0.717) is 33.4 Å². The minimum Gasteiger partial charge on any atom is -0.0616 e. The summed E-state index contributed by atoms with van der Waals surface area (Å²) in [6.45, 7) is 0. The maximum atomic E-state index is 4.01. The van der Waals surface area contributed by atoms with E-state index in [1.54, 1.807) is 0 Å². The van der Waals surface area contributed by atoms with Crippen LogP contribution >= 0.6 is 0 Å². The van der Waals surface area contributed by atoms with Gasteiger partial charge in [0.15, 0.2) is 0 Å². The van der Waals surface area contributed by atoms with E-state index in [1.807, 2.05) is 0 Å². The van der Waals surface area contributed by atoms with E-state index in [9.17, 15) is 0 Å². The fourth-order valence-corrected chi connectivity index (χ4v) is 15.1. The summed E-state index contributed by atoms with van der Waals surface area (Å²) in [7, 11) is 0. The highest BCUT2D eigenvalue weighted by molar-refractivity contribution is 6.11. The average molecular weight is 1280 g/mol. The van der Waals surface area contributed by atoms with E-state index in [-0.39, 0.29) is 0 Å². The Morgan fingerprint density at radius 2 is 0.186 bits per heavy atom. The van der Waals surface area contributed by atoms with Crippen molar-refractivity contribution in [1.82, 2.24) is 0 Å². The second-order valence-electron chi connectivity index (χ2n) is 25.9. The van der Waals surface area contributed by atoms with E-state index >= 15 is 0 Å². The zero-order chi connectivity index (χ0) is 67.5. The lowest BCUT2D eigenvalue weighted by Gasteiger charge is -2.14. The number of fused-ring (bicyclic) bond motifs is 12. The highest BCUT2D eigenvalue weighted by Gasteiger charge is 2.23. The molecule has 0 N–H and O–H groups in total. The average Bonchev–Trinajstić information content (AvgIpc) is 0.685. The molecular weight excluding hydrogens is 1230 g/mol. The zero-order valence-electron chi connectivity index (χ0n) is 55.2. The van der Waals surface area contributed by atoms with Gasteiger partial charge >= 0.3 is 0 Å². The van der Waals surface area contributed by atoms with Crippen molar-refractivity contribution in [2.75, 3.05) is 0 Å². The number of hydrogen-bond donors (Lipinski definition) is 0. The highest BCUT2D eigenvalue weighted by Crippen LogP contribution is 2.37. The third-order valence-electron chi connectivity index (χ3n) is 20.0. The van der Waals surface area contributed by atoms with Crippen molar-refractivity contribution in [3.63, 3.8) is 0 Å². The molecule has 0 aliphatic rings. The van der Waals surface area contributed by atoms with Gasteiger partial charge in [0.2, 0.25) is 0 Å². The molecule has 0 aliphatic carbocycles. The van der Waals surface area contributed by atoms with Crippen molar-refractivity contribution in [2.45, 2.75) is 0 Å². The Hall–Kier alpha value is -14.3. The second-order valence-corrected chi connectivity index (χ2v) is 25.9. The number of hydrogen-bond acceptors (Lipinski definition) is 0. The molecule has 0 heteroatoms. The molecule has 462 valence electrons. The van der Waals surface area contributed by atoms with Crippen LogP contribution in [0.5, 0.6) is 0 Å². The maximum absolute atomic E-state index is 4.01. The van der Waals surface area contributed by atoms with Crippen molar-refractivity contribution < 1.29 is 0 Å². The summed E-state index contributed by atoms with van der Waals surface area (Å²) in [5, 5.41) is 25.4. The van der Waals surface area contributed by atoms with Gasteiger partial charge in [-0.05, 0) is 166 Å². The van der Waals surface area contributed by atoms with Crippen LogP contribution in [0.3, 0.4) is 0 Å². The summed E-state index contributed by atoms with van der Waals surface area (Å²) in [6, 6.07) is 116. The summed E-state index contributed by atoms with van der Waals surface area (Å²) in [4.78, 5) is 0. The minimum atomic E-state index is 0.585. The lowest BCUT2D eigenvalue weighted by atomic mass is 9.85. The molecule has 0 spiro atoms. The monoisotopic (exact) mass is 1280 g/mol. The van der Waals surface area contributed by atoms with Crippen LogP contribution in [0.15, 0.2) is 328 Å². The molecule has 0 bridgehead atoms. The molecular formula is C102H54. The molecule has 0 atom stereocenters. The van der Waals surface area contributed by atoms with E-state index in [1.165, 1.54) is 0 Å². The number of benzene rings is 19. The predicted molar refractivity (Wildman–Crippen MR) is 431 cm³/mol. The van der Waals surface area contributed by atoms with Gasteiger partial charge in [0.1, 0.15) is 0 Å². The van der Waals surface area contributed by atoms with E-state index < -0.39 is 0 Å². The standard InChI is InChI=1S/C102H54/c1-13-37-79-67(25-1)61-68-26-2-14-38-80(68)91(79)49-55-97-98(56-50-92-81-39-15-3-27-69(81)62-70-28-4-16-40-82(70)92)100(58-52-94-85-43-19-7-31-73(85)64-74-32-8-20-44-86(74)94)102(60-54-96-89-47-23-11-35-77(89)66-78-36-12-24-48-90(78)96)101(59-53-95-87-45-21-9-33-75(87)65-76-34-10-22-46-88(76)95)99(97)57-51-93-83-41-17-5-29-71(83)63-72-30-6-18-42-84(72)93/h1-48,61-66H. The van der Waals surface area contributed by atoms with Crippen LogP contribution in [0.2, 0.25) is 0 Å². The molecule has 0 saturated heterocycles. The normalized spacial score (nSPS) is 11.1. The smallest absolute Gasteiger partial charge is 0.0588 e. The Kier molecular flexibility index (Phi) is 14.4. The first-order chi connectivity index (χ1) is 50.6. The van der Waals surface area contributed by atoms with Crippen LogP contribution in [0.4, 0.5) is 0 Å². The molecule has 0 nitrogen and oxygen atoms in total. The van der Waals surface area contributed by atoms with Gasteiger partial charge in [-0.25, -0.2) is 0 Å². The quantitative estimate of drug-likeness (QED) is 0.105. The van der Waals surface area contributed by atoms with Gasteiger partial charge in [-0.2, -0.15) is 0 Å². The van der Waals surface area contributed by atoms with Gasteiger partial charge in [0.25, 0.3) is 0 Å². The molecule has 102 heavy (non-hydrogen) atoms. The molecule has 0 radical (unpaired) electrons. The first-order valence-corrected chi connectivity index (χ1v) is 34.4. The fourth-order valence-electron chi connectivity index (χ4n) is 15.1. The minimum absolute atomic E-state index is 0.585. The summed E-state index contributed by atoms with van der Waals surface area (Å²) in [5.74, 6) is 47.7. The Labute approximate surface area is 590 Å². The zero-order valence-corrected chi connectivity index (χ0v) is 55.2. The van der Waals surface area contributed by atoms with Gasteiger partial charge < -0.3 is 0 Å². The van der Waals surface area contributed by atoms with Crippen molar-refractivity contribution in [3.8, 4) is 71.0 Å². The molecule has 0 fully saturated rings. The maximum Gasteiger partial charge on any atom is 0.0588 e. The largest absolute Gasteiger partial charge is 0.0616 e. The summed E-state index contributed by atoms with van der Waals surface area (Å²) >= 11 is 0. The molecule has 19 aromatic rings. The second kappa shape index (κ2) is 24.9.